The number of ketones is 1. The Morgan fingerprint density at radius 1 is 1.29 bits per heavy atom. The molecule has 2 nitrogen and oxygen atoms in total. The number of carbonyl (C=O) groups is 1. The Morgan fingerprint density at radius 2 is 2.00 bits per heavy atom. The second-order valence-electron chi connectivity index (χ2n) is 3.27. The second-order valence-corrected chi connectivity index (χ2v) is 5.59. The molecule has 0 unspecified atom stereocenters. The lowest BCUT2D eigenvalue weighted by atomic mass is 10.3. The third-order valence-corrected chi connectivity index (χ3v) is 4.09. The van der Waals surface area contributed by atoms with E-state index in [1.54, 1.807) is 6.20 Å². The zero-order valence-corrected chi connectivity index (χ0v) is 10.2. The third-order valence-electron chi connectivity index (χ3n) is 1.92. The van der Waals surface area contributed by atoms with Gasteiger partial charge in [-0.25, -0.2) is 4.98 Å². The summed E-state index contributed by atoms with van der Waals surface area (Å²) < 4.78 is 36.6. The maximum Gasteiger partial charge on any atom is 0.455 e. The summed E-state index contributed by atoms with van der Waals surface area (Å²) >= 11 is 2.19. The summed E-state index contributed by atoms with van der Waals surface area (Å²) in [5.74, 6) is -1.80. The monoisotopic (exact) mass is 277 g/mol. The van der Waals surface area contributed by atoms with E-state index < -0.39 is 12.0 Å². The van der Waals surface area contributed by atoms with Crippen LogP contribution in [0.2, 0.25) is 0 Å². The van der Waals surface area contributed by atoms with E-state index in [1.165, 1.54) is 23.5 Å². The predicted molar refractivity (Wildman–Crippen MR) is 60.5 cm³/mol. The fourth-order valence-corrected chi connectivity index (χ4v) is 2.98. The molecule has 90 valence electrons. The standard InChI is InChI=1S/C10H6F3NOS2/c1-5-4-14-9(16-5)7-3-2-6(17-7)8(15)10(11,12)13/h2-4H,1H3. The van der Waals surface area contributed by atoms with Crippen LogP contribution < -0.4 is 0 Å². The number of alkyl halides is 3. The molecule has 0 bridgehead atoms. The van der Waals surface area contributed by atoms with E-state index in [0.717, 1.165) is 16.2 Å². The van der Waals surface area contributed by atoms with E-state index in [4.69, 9.17) is 0 Å². The first-order valence-corrected chi connectivity index (χ1v) is 6.15. The summed E-state index contributed by atoms with van der Waals surface area (Å²) in [5, 5.41) is 0.633. The Hall–Kier alpha value is -1.21. The molecule has 0 radical (unpaired) electrons. The third kappa shape index (κ3) is 2.55. The van der Waals surface area contributed by atoms with Crippen LogP contribution in [0.25, 0.3) is 9.88 Å². The highest BCUT2D eigenvalue weighted by Gasteiger charge is 2.40. The van der Waals surface area contributed by atoms with Crippen molar-refractivity contribution in [3.05, 3.63) is 28.1 Å². The first kappa shape index (κ1) is 12.3. The quantitative estimate of drug-likeness (QED) is 0.779. The van der Waals surface area contributed by atoms with Gasteiger partial charge in [0.1, 0.15) is 5.01 Å². The van der Waals surface area contributed by atoms with E-state index >= 15 is 0 Å². The first-order chi connectivity index (χ1) is 7.88. The molecule has 0 spiro atoms. The molecule has 0 saturated heterocycles. The number of hydrogen-bond donors (Lipinski definition) is 0. The predicted octanol–water partition coefficient (Wildman–Crippen LogP) is 3.93. The molecular formula is C10H6F3NOS2. The zero-order chi connectivity index (χ0) is 12.6. The molecule has 0 aliphatic carbocycles. The van der Waals surface area contributed by atoms with Gasteiger partial charge in [-0.2, -0.15) is 13.2 Å². The van der Waals surface area contributed by atoms with Crippen molar-refractivity contribution < 1.29 is 18.0 Å². The molecule has 17 heavy (non-hydrogen) atoms. The Kier molecular flexibility index (Phi) is 3.05. The molecule has 2 aromatic rings. The van der Waals surface area contributed by atoms with E-state index in [9.17, 15) is 18.0 Å². The Labute approximate surface area is 103 Å². The summed E-state index contributed by atoms with van der Waals surface area (Å²) in [6.07, 6.45) is -3.17. The number of hydrogen-bond acceptors (Lipinski definition) is 4. The van der Waals surface area contributed by atoms with Gasteiger partial charge in [-0.3, -0.25) is 4.79 Å². The number of Topliss-reactive ketones (excluding diaryl/α,β-unsaturated/α-hetero) is 1. The molecule has 2 rings (SSSR count). The molecular weight excluding hydrogens is 271 g/mol. The van der Waals surface area contributed by atoms with E-state index in [2.05, 4.69) is 4.98 Å². The molecule has 2 heterocycles. The Bertz CT molecular complexity index is 556. The maximum atomic E-state index is 12.2. The van der Waals surface area contributed by atoms with E-state index in [1.807, 2.05) is 6.92 Å². The minimum absolute atomic E-state index is 0.305. The fourth-order valence-electron chi connectivity index (χ4n) is 1.18. The minimum Gasteiger partial charge on any atom is -0.283 e. The number of aromatic nitrogens is 1. The molecule has 0 N–H and O–H groups in total. The number of thiazole rings is 1. The lowest BCUT2D eigenvalue weighted by Crippen LogP contribution is -2.21. The molecule has 0 aliphatic rings. The normalized spacial score (nSPS) is 11.8. The van der Waals surface area contributed by atoms with Crippen LogP contribution in [0.15, 0.2) is 18.3 Å². The highest BCUT2D eigenvalue weighted by molar-refractivity contribution is 7.22. The lowest BCUT2D eigenvalue weighted by Gasteiger charge is -2.01. The second kappa shape index (κ2) is 4.23. The van der Waals surface area contributed by atoms with Crippen molar-refractivity contribution in [1.29, 1.82) is 0 Å². The fraction of sp³-hybridized carbons (Fsp3) is 0.200. The SMILES string of the molecule is Cc1cnc(-c2ccc(C(=O)C(F)(F)F)s2)s1. The van der Waals surface area contributed by atoms with Crippen LogP contribution >= 0.6 is 22.7 Å². The van der Waals surface area contributed by atoms with Gasteiger partial charge in [-0.05, 0) is 19.1 Å². The summed E-state index contributed by atoms with van der Waals surface area (Å²) in [5.41, 5.74) is 0. The number of nitrogens with zero attached hydrogens (tertiary/aromatic N) is 1. The van der Waals surface area contributed by atoms with Crippen molar-refractivity contribution >= 4 is 28.5 Å². The molecule has 0 amide bonds. The molecule has 0 saturated carbocycles. The minimum atomic E-state index is -4.82. The van der Waals surface area contributed by atoms with E-state index in [-0.39, 0.29) is 4.88 Å². The smallest absolute Gasteiger partial charge is 0.283 e. The van der Waals surface area contributed by atoms with Gasteiger partial charge in [-0.1, -0.05) is 0 Å². The summed E-state index contributed by atoms with van der Waals surface area (Å²) in [6, 6.07) is 2.68. The number of rotatable bonds is 2. The molecule has 0 atom stereocenters. The molecule has 2 aromatic heterocycles. The average Bonchev–Trinajstić information content (AvgIpc) is 2.83. The zero-order valence-electron chi connectivity index (χ0n) is 8.54. The van der Waals surface area contributed by atoms with Crippen molar-refractivity contribution in [2.45, 2.75) is 13.1 Å². The van der Waals surface area contributed by atoms with Gasteiger partial charge in [-0.15, -0.1) is 22.7 Å². The van der Waals surface area contributed by atoms with Crippen molar-refractivity contribution in [1.82, 2.24) is 4.98 Å². The summed E-state index contributed by atoms with van der Waals surface area (Å²) in [7, 11) is 0. The van der Waals surface area contributed by atoms with Crippen LogP contribution in [0, 0.1) is 6.92 Å². The number of carbonyl (C=O) groups excluding carboxylic acids is 1. The molecule has 0 fully saturated rings. The Balaban J connectivity index is 2.31. The topological polar surface area (TPSA) is 30.0 Å². The van der Waals surface area contributed by atoms with Crippen molar-refractivity contribution in [3.8, 4) is 9.88 Å². The van der Waals surface area contributed by atoms with Crippen molar-refractivity contribution in [3.63, 3.8) is 0 Å². The highest BCUT2D eigenvalue weighted by Crippen LogP contribution is 2.33. The van der Waals surface area contributed by atoms with Gasteiger partial charge in [0.25, 0.3) is 5.78 Å². The van der Waals surface area contributed by atoms with Gasteiger partial charge in [0, 0.05) is 11.1 Å². The summed E-state index contributed by atoms with van der Waals surface area (Å²) in [6.45, 7) is 1.86. The number of halogens is 3. The van der Waals surface area contributed by atoms with Crippen LogP contribution in [0.4, 0.5) is 13.2 Å². The molecule has 0 aliphatic heterocycles. The van der Waals surface area contributed by atoms with Gasteiger partial charge in [0.05, 0.1) is 9.75 Å². The van der Waals surface area contributed by atoms with Crippen LogP contribution in [-0.4, -0.2) is 16.9 Å². The lowest BCUT2D eigenvalue weighted by molar-refractivity contribution is -0.0882. The van der Waals surface area contributed by atoms with Crippen LogP contribution in [0.3, 0.4) is 0 Å². The summed E-state index contributed by atoms with van der Waals surface area (Å²) in [4.78, 5) is 16.3. The van der Waals surface area contributed by atoms with Crippen LogP contribution in [0.5, 0.6) is 0 Å². The van der Waals surface area contributed by atoms with Gasteiger partial charge in [0.15, 0.2) is 0 Å². The maximum absolute atomic E-state index is 12.2. The van der Waals surface area contributed by atoms with E-state index in [0.29, 0.717) is 9.88 Å². The first-order valence-electron chi connectivity index (χ1n) is 4.52. The Morgan fingerprint density at radius 3 is 2.53 bits per heavy atom. The van der Waals surface area contributed by atoms with Gasteiger partial charge >= 0.3 is 6.18 Å². The molecule has 7 heteroatoms. The van der Waals surface area contributed by atoms with Crippen LogP contribution in [-0.2, 0) is 0 Å². The molecule has 0 aromatic carbocycles. The largest absolute Gasteiger partial charge is 0.455 e. The van der Waals surface area contributed by atoms with Crippen LogP contribution in [0.1, 0.15) is 14.5 Å². The van der Waals surface area contributed by atoms with Crippen molar-refractivity contribution in [2.24, 2.45) is 0 Å². The van der Waals surface area contributed by atoms with Gasteiger partial charge < -0.3 is 0 Å². The number of aryl methyl sites for hydroxylation is 1. The average molecular weight is 277 g/mol. The van der Waals surface area contributed by atoms with Gasteiger partial charge in [0.2, 0.25) is 0 Å². The highest BCUT2D eigenvalue weighted by atomic mass is 32.1. The van der Waals surface area contributed by atoms with Crippen molar-refractivity contribution in [2.75, 3.05) is 0 Å². The number of thiophene rings is 1.